The summed E-state index contributed by atoms with van der Waals surface area (Å²) in [5, 5.41) is 7.77. The molecule has 1 aliphatic heterocycles. The molecule has 7 nitrogen and oxygen atoms in total. The summed E-state index contributed by atoms with van der Waals surface area (Å²) in [6, 6.07) is 25.2. The molecule has 2 heterocycles. The lowest BCUT2D eigenvalue weighted by atomic mass is 9.96. The Kier molecular flexibility index (Phi) is 8.13. The number of likely N-dealkylation sites (tertiary alicyclic amines) is 1. The van der Waals surface area contributed by atoms with Gasteiger partial charge in [0.05, 0.1) is 13.2 Å². The van der Waals surface area contributed by atoms with E-state index in [0.717, 1.165) is 49.4 Å². The van der Waals surface area contributed by atoms with E-state index in [1.54, 1.807) is 0 Å². The number of halogens is 1. The minimum atomic E-state index is -0.0383. The lowest BCUT2D eigenvalue weighted by molar-refractivity contribution is -0.121. The van der Waals surface area contributed by atoms with Crippen molar-refractivity contribution >= 4 is 23.2 Å². The van der Waals surface area contributed by atoms with Crippen molar-refractivity contribution in [3.8, 4) is 17.1 Å². The van der Waals surface area contributed by atoms with Gasteiger partial charge < -0.3 is 14.6 Å². The van der Waals surface area contributed by atoms with Gasteiger partial charge in [-0.1, -0.05) is 65.3 Å². The number of carbonyl (C=O) groups excluding carboxylic acids is 1. The Labute approximate surface area is 221 Å². The minimum absolute atomic E-state index is 0.0383. The molecule has 1 saturated heterocycles. The summed E-state index contributed by atoms with van der Waals surface area (Å²) in [6.07, 6.45) is 2.38. The third-order valence-electron chi connectivity index (χ3n) is 6.47. The molecule has 0 aliphatic carbocycles. The number of piperidine rings is 1. The summed E-state index contributed by atoms with van der Waals surface area (Å²) in [5.74, 6) is 1.84. The fourth-order valence-corrected chi connectivity index (χ4v) is 4.64. The van der Waals surface area contributed by atoms with Gasteiger partial charge in [-0.05, 0) is 55.8 Å². The van der Waals surface area contributed by atoms with Gasteiger partial charge >= 0.3 is 0 Å². The van der Waals surface area contributed by atoms with E-state index in [9.17, 15) is 4.79 Å². The summed E-state index contributed by atoms with van der Waals surface area (Å²) >= 11 is 6.06. The molecule has 1 amide bonds. The number of amides is 1. The van der Waals surface area contributed by atoms with Crippen molar-refractivity contribution in [1.82, 2.24) is 15.0 Å². The molecule has 0 bridgehead atoms. The van der Waals surface area contributed by atoms with E-state index in [4.69, 9.17) is 20.9 Å². The van der Waals surface area contributed by atoms with Crippen LogP contribution >= 0.6 is 11.6 Å². The Morgan fingerprint density at radius 3 is 2.65 bits per heavy atom. The predicted octanol–water partition coefficient (Wildman–Crippen LogP) is 5.86. The molecule has 1 fully saturated rings. The average molecular weight is 517 g/mol. The van der Waals surface area contributed by atoms with Crippen LogP contribution in [-0.2, 0) is 17.8 Å². The van der Waals surface area contributed by atoms with Crippen LogP contribution < -0.4 is 10.1 Å². The van der Waals surface area contributed by atoms with Crippen LogP contribution in [0.25, 0.3) is 11.4 Å². The molecule has 3 aromatic carbocycles. The van der Waals surface area contributed by atoms with Crippen LogP contribution in [0.15, 0.2) is 83.4 Å². The SMILES string of the molecule is O=C(Nc1cccc(OCCc2ccccc2)c1)C1CCN(Cc2nc(-c3cccc(Cl)c3)no2)CC1. The number of hydrogen-bond donors (Lipinski definition) is 1. The zero-order valence-corrected chi connectivity index (χ0v) is 21.2. The monoisotopic (exact) mass is 516 g/mol. The number of anilines is 1. The number of ether oxygens (including phenoxy) is 1. The van der Waals surface area contributed by atoms with Crippen LogP contribution in [0.4, 0.5) is 5.69 Å². The second-order valence-electron chi connectivity index (χ2n) is 9.17. The first-order valence-electron chi connectivity index (χ1n) is 12.5. The Hall–Kier alpha value is -3.68. The maximum absolute atomic E-state index is 12.9. The number of hydrogen-bond acceptors (Lipinski definition) is 6. The van der Waals surface area contributed by atoms with Crippen molar-refractivity contribution in [1.29, 1.82) is 0 Å². The Balaban J connectivity index is 1.07. The van der Waals surface area contributed by atoms with E-state index in [0.29, 0.717) is 29.9 Å². The largest absolute Gasteiger partial charge is 0.493 e. The highest BCUT2D eigenvalue weighted by Crippen LogP contribution is 2.24. The molecule has 0 atom stereocenters. The van der Waals surface area contributed by atoms with Gasteiger partial charge in [0.1, 0.15) is 5.75 Å². The Morgan fingerprint density at radius 1 is 1.03 bits per heavy atom. The number of carbonyl (C=O) groups is 1. The molecular formula is C29H29ClN4O3. The lowest BCUT2D eigenvalue weighted by Gasteiger charge is -2.30. The maximum Gasteiger partial charge on any atom is 0.241 e. The van der Waals surface area contributed by atoms with E-state index in [1.807, 2.05) is 66.7 Å². The fraction of sp³-hybridized carbons (Fsp3) is 0.276. The molecule has 0 unspecified atom stereocenters. The zero-order valence-electron chi connectivity index (χ0n) is 20.5. The van der Waals surface area contributed by atoms with Crippen molar-refractivity contribution in [2.45, 2.75) is 25.8 Å². The summed E-state index contributed by atoms with van der Waals surface area (Å²) in [4.78, 5) is 19.6. The smallest absolute Gasteiger partial charge is 0.241 e. The predicted molar refractivity (Wildman–Crippen MR) is 143 cm³/mol. The number of benzene rings is 3. The van der Waals surface area contributed by atoms with Crippen LogP contribution in [0.5, 0.6) is 5.75 Å². The molecule has 4 aromatic rings. The first kappa shape index (κ1) is 25.0. The molecular weight excluding hydrogens is 488 g/mol. The highest BCUT2D eigenvalue weighted by atomic mass is 35.5. The molecule has 37 heavy (non-hydrogen) atoms. The van der Waals surface area contributed by atoms with Gasteiger partial charge in [0.15, 0.2) is 0 Å². The maximum atomic E-state index is 12.9. The van der Waals surface area contributed by atoms with E-state index in [2.05, 4.69) is 32.5 Å². The number of nitrogens with zero attached hydrogens (tertiary/aromatic N) is 3. The Bertz CT molecular complexity index is 1320. The van der Waals surface area contributed by atoms with E-state index in [-0.39, 0.29) is 11.8 Å². The Morgan fingerprint density at radius 2 is 1.84 bits per heavy atom. The molecule has 1 N–H and O–H groups in total. The average Bonchev–Trinajstić information content (AvgIpc) is 3.38. The van der Waals surface area contributed by atoms with Gasteiger partial charge in [-0.15, -0.1) is 0 Å². The molecule has 5 rings (SSSR count). The van der Waals surface area contributed by atoms with Gasteiger partial charge in [-0.3, -0.25) is 9.69 Å². The molecule has 190 valence electrons. The lowest BCUT2D eigenvalue weighted by Crippen LogP contribution is -2.37. The van der Waals surface area contributed by atoms with E-state index in [1.165, 1.54) is 5.56 Å². The number of nitrogens with one attached hydrogen (secondary N) is 1. The van der Waals surface area contributed by atoms with E-state index >= 15 is 0 Å². The second kappa shape index (κ2) is 12.0. The number of rotatable bonds is 9. The standard InChI is InChI=1S/C29H29ClN4O3/c30-24-9-4-8-23(18-24)28-32-27(37-33-28)20-34-15-12-22(13-16-34)29(35)31-25-10-5-11-26(19-25)36-17-14-21-6-2-1-3-7-21/h1-11,18-19,22H,12-17,20H2,(H,31,35). The van der Waals surface area contributed by atoms with Crippen molar-refractivity contribution < 1.29 is 14.1 Å². The molecule has 8 heteroatoms. The van der Waals surface area contributed by atoms with Gasteiger partial charge in [0, 0.05) is 34.7 Å². The van der Waals surface area contributed by atoms with Gasteiger partial charge in [-0.25, -0.2) is 0 Å². The van der Waals surface area contributed by atoms with Crippen LogP contribution in [0.2, 0.25) is 5.02 Å². The normalized spacial score (nSPS) is 14.4. The van der Waals surface area contributed by atoms with Crippen LogP contribution in [0, 0.1) is 5.92 Å². The van der Waals surface area contributed by atoms with Crippen molar-refractivity contribution in [2.24, 2.45) is 5.92 Å². The quantitative estimate of drug-likeness (QED) is 0.300. The van der Waals surface area contributed by atoms with E-state index < -0.39 is 0 Å². The molecule has 0 spiro atoms. The van der Waals surface area contributed by atoms with Gasteiger partial charge in [0.25, 0.3) is 0 Å². The topological polar surface area (TPSA) is 80.5 Å². The highest BCUT2D eigenvalue weighted by molar-refractivity contribution is 6.30. The van der Waals surface area contributed by atoms with Gasteiger partial charge in [0.2, 0.25) is 17.6 Å². The highest BCUT2D eigenvalue weighted by Gasteiger charge is 2.26. The van der Waals surface area contributed by atoms with Crippen molar-refractivity contribution in [3.63, 3.8) is 0 Å². The molecule has 0 saturated carbocycles. The molecule has 1 aromatic heterocycles. The number of aromatic nitrogens is 2. The summed E-state index contributed by atoms with van der Waals surface area (Å²) < 4.78 is 11.3. The summed E-state index contributed by atoms with van der Waals surface area (Å²) in [6.45, 7) is 2.72. The van der Waals surface area contributed by atoms with Crippen LogP contribution in [0.1, 0.15) is 24.3 Å². The van der Waals surface area contributed by atoms with Crippen molar-refractivity contribution in [2.75, 3.05) is 25.0 Å². The van der Waals surface area contributed by atoms with Crippen molar-refractivity contribution in [3.05, 3.63) is 95.3 Å². The zero-order chi connectivity index (χ0) is 25.5. The third kappa shape index (κ3) is 6.96. The first-order valence-corrected chi connectivity index (χ1v) is 12.9. The molecule has 0 radical (unpaired) electrons. The minimum Gasteiger partial charge on any atom is -0.493 e. The third-order valence-corrected chi connectivity index (χ3v) is 6.71. The molecule has 1 aliphatic rings. The summed E-state index contributed by atoms with van der Waals surface area (Å²) in [7, 11) is 0. The second-order valence-corrected chi connectivity index (χ2v) is 9.61. The fourth-order valence-electron chi connectivity index (χ4n) is 4.45. The van der Waals surface area contributed by atoms with Crippen LogP contribution in [-0.4, -0.2) is 40.6 Å². The van der Waals surface area contributed by atoms with Gasteiger partial charge in [-0.2, -0.15) is 4.98 Å². The van der Waals surface area contributed by atoms with Crippen LogP contribution in [0.3, 0.4) is 0 Å². The first-order chi connectivity index (χ1) is 18.1. The summed E-state index contributed by atoms with van der Waals surface area (Å²) in [5.41, 5.74) is 2.81.